The highest BCUT2D eigenvalue weighted by atomic mass is 79.9. The summed E-state index contributed by atoms with van der Waals surface area (Å²) in [6.07, 6.45) is 3.82. The van der Waals surface area contributed by atoms with Crippen molar-refractivity contribution in [3.05, 3.63) is 22.7 Å². The quantitative estimate of drug-likeness (QED) is 0.748. The normalized spacial score (nSPS) is 18.5. The molecule has 1 heterocycles. The topological polar surface area (TPSA) is 84.9 Å². The number of ether oxygens (including phenoxy) is 2. The van der Waals surface area contributed by atoms with Crippen molar-refractivity contribution in [3.8, 4) is 5.75 Å². The van der Waals surface area contributed by atoms with Crippen LogP contribution >= 0.6 is 15.9 Å². The van der Waals surface area contributed by atoms with Gasteiger partial charge in [-0.25, -0.2) is 4.79 Å². The van der Waals surface area contributed by atoms with Crippen LogP contribution in [0.5, 0.6) is 5.75 Å². The zero-order valence-corrected chi connectivity index (χ0v) is 16.1. The number of hydrogen-bond donors (Lipinski definition) is 1. The number of fused-ring (bicyclic) bond motifs is 1. The van der Waals surface area contributed by atoms with Crippen LogP contribution in [-0.4, -0.2) is 43.6 Å². The van der Waals surface area contributed by atoms with Gasteiger partial charge in [0.1, 0.15) is 17.8 Å². The van der Waals surface area contributed by atoms with Gasteiger partial charge >= 0.3 is 5.97 Å². The number of carbonyl (C=O) groups is 3. The maximum Gasteiger partial charge on any atom is 0.331 e. The molecule has 0 bridgehead atoms. The Hall–Kier alpha value is -2.09. The van der Waals surface area contributed by atoms with E-state index < -0.39 is 11.5 Å². The minimum absolute atomic E-state index is 0.126. The fraction of sp³-hybridized carbons (Fsp3) is 0.500. The van der Waals surface area contributed by atoms with Gasteiger partial charge in [-0.05, 0) is 31.0 Å². The molecular formula is C18H21BrN2O5. The van der Waals surface area contributed by atoms with E-state index in [4.69, 9.17) is 9.47 Å². The number of amides is 2. The Morgan fingerprint density at radius 1 is 1.31 bits per heavy atom. The summed E-state index contributed by atoms with van der Waals surface area (Å²) in [5, 5.41) is 2.84. The summed E-state index contributed by atoms with van der Waals surface area (Å²) in [5.74, 6) is -0.581. The minimum atomic E-state index is -0.998. The van der Waals surface area contributed by atoms with E-state index in [0.29, 0.717) is 24.3 Å². The van der Waals surface area contributed by atoms with E-state index in [2.05, 4.69) is 21.2 Å². The van der Waals surface area contributed by atoms with Crippen LogP contribution < -0.4 is 15.0 Å². The first-order chi connectivity index (χ1) is 12.4. The van der Waals surface area contributed by atoms with Crippen molar-refractivity contribution in [2.45, 2.75) is 37.6 Å². The van der Waals surface area contributed by atoms with E-state index in [1.165, 1.54) is 12.0 Å². The Balaban J connectivity index is 1.77. The van der Waals surface area contributed by atoms with Crippen LogP contribution in [0.15, 0.2) is 22.7 Å². The van der Waals surface area contributed by atoms with Gasteiger partial charge in [0.25, 0.3) is 5.91 Å². The van der Waals surface area contributed by atoms with Gasteiger partial charge in [0.05, 0.1) is 12.8 Å². The highest BCUT2D eigenvalue weighted by molar-refractivity contribution is 9.10. The van der Waals surface area contributed by atoms with Crippen molar-refractivity contribution in [2.24, 2.45) is 0 Å². The number of nitrogens with zero attached hydrogens (tertiary/aromatic N) is 1. The molecule has 26 heavy (non-hydrogen) atoms. The molecule has 2 aliphatic rings. The second kappa shape index (κ2) is 7.65. The Morgan fingerprint density at radius 3 is 2.73 bits per heavy atom. The molecule has 0 aromatic heterocycles. The zero-order valence-electron chi connectivity index (χ0n) is 14.5. The van der Waals surface area contributed by atoms with Gasteiger partial charge in [0.15, 0.2) is 6.61 Å². The van der Waals surface area contributed by atoms with E-state index in [1.807, 2.05) is 0 Å². The zero-order chi connectivity index (χ0) is 18.7. The maximum atomic E-state index is 12.7. The van der Waals surface area contributed by atoms with Gasteiger partial charge in [0.2, 0.25) is 5.91 Å². The third kappa shape index (κ3) is 3.70. The highest BCUT2D eigenvalue weighted by Crippen LogP contribution is 2.34. The molecule has 140 valence electrons. The second-order valence-electron chi connectivity index (χ2n) is 6.56. The molecule has 3 rings (SSSR count). The second-order valence-corrected chi connectivity index (χ2v) is 7.48. The molecule has 0 saturated heterocycles. The van der Waals surface area contributed by atoms with E-state index in [0.717, 1.165) is 23.7 Å². The van der Waals surface area contributed by atoms with Crippen LogP contribution in [0.25, 0.3) is 0 Å². The van der Waals surface area contributed by atoms with Crippen LogP contribution in [-0.2, 0) is 19.1 Å². The highest BCUT2D eigenvalue weighted by Gasteiger charge is 2.42. The van der Waals surface area contributed by atoms with E-state index in [-0.39, 0.29) is 25.0 Å². The number of hydrogen-bond acceptors (Lipinski definition) is 5. The van der Waals surface area contributed by atoms with E-state index >= 15 is 0 Å². The number of halogens is 1. The fourth-order valence-corrected chi connectivity index (χ4v) is 3.87. The van der Waals surface area contributed by atoms with Gasteiger partial charge < -0.3 is 14.8 Å². The van der Waals surface area contributed by atoms with Crippen LogP contribution in [0.4, 0.5) is 5.69 Å². The Morgan fingerprint density at radius 2 is 2.04 bits per heavy atom. The molecule has 1 aromatic rings. The molecule has 1 aliphatic heterocycles. The molecular weight excluding hydrogens is 404 g/mol. The predicted molar refractivity (Wildman–Crippen MR) is 98.0 cm³/mol. The van der Waals surface area contributed by atoms with Gasteiger partial charge in [0, 0.05) is 4.47 Å². The molecule has 0 unspecified atom stereocenters. The molecule has 1 aromatic carbocycles. The molecule has 0 spiro atoms. The van der Waals surface area contributed by atoms with Crippen molar-refractivity contribution in [2.75, 3.05) is 25.2 Å². The number of nitrogens with one attached hydrogen (secondary N) is 1. The largest absolute Gasteiger partial charge is 0.482 e. The lowest BCUT2D eigenvalue weighted by atomic mass is 9.81. The molecule has 0 radical (unpaired) electrons. The van der Waals surface area contributed by atoms with Crippen molar-refractivity contribution < 1.29 is 23.9 Å². The van der Waals surface area contributed by atoms with Crippen molar-refractivity contribution in [3.63, 3.8) is 0 Å². The average molecular weight is 425 g/mol. The Bertz CT molecular complexity index is 730. The van der Waals surface area contributed by atoms with Gasteiger partial charge in [-0.2, -0.15) is 0 Å². The first-order valence-electron chi connectivity index (χ1n) is 8.57. The number of esters is 1. The molecule has 7 nitrogen and oxygen atoms in total. The number of carbonyl (C=O) groups excluding carboxylic acids is 3. The van der Waals surface area contributed by atoms with Crippen LogP contribution in [0.3, 0.4) is 0 Å². The molecule has 0 atom stereocenters. The third-order valence-corrected chi connectivity index (χ3v) is 5.32. The number of anilines is 1. The lowest BCUT2D eigenvalue weighted by molar-refractivity contribution is -0.152. The van der Waals surface area contributed by atoms with Crippen molar-refractivity contribution in [1.82, 2.24) is 5.32 Å². The standard InChI is InChI=1S/C18H21BrN2O5/c1-25-17(24)18(7-3-2-4-8-18)20-15(22)10-21-13-6-5-12(19)9-14(13)26-11-16(21)23/h5-6,9H,2-4,7-8,10-11H2,1H3,(H,20,22). The average Bonchev–Trinajstić information content (AvgIpc) is 2.64. The lowest BCUT2D eigenvalue weighted by Crippen LogP contribution is -2.58. The minimum Gasteiger partial charge on any atom is -0.482 e. The summed E-state index contributed by atoms with van der Waals surface area (Å²) in [6, 6.07) is 5.26. The molecule has 8 heteroatoms. The van der Waals surface area contributed by atoms with Gasteiger partial charge in [-0.1, -0.05) is 35.2 Å². The Kier molecular flexibility index (Phi) is 5.50. The Labute approximate surface area is 160 Å². The van der Waals surface area contributed by atoms with Gasteiger partial charge in [-0.15, -0.1) is 0 Å². The molecule has 1 N–H and O–H groups in total. The van der Waals surface area contributed by atoms with Gasteiger partial charge in [-0.3, -0.25) is 14.5 Å². The number of rotatable bonds is 4. The molecule has 2 amide bonds. The monoisotopic (exact) mass is 424 g/mol. The summed E-state index contributed by atoms with van der Waals surface area (Å²) in [5.41, 5.74) is -0.461. The lowest BCUT2D eigenvalue weighted by Gasteiger charge is -2.36. The van der Waals surface area contributed by atoms with E-state index in [1.54, 1.807) is 18.2 Å². The van der Waals surface area contributed by atoms with Crippen molar-refractivity contribution >= 4 is 39.4 Å². The molecule has 1 saturated carbocycles. The van der Waals surface area contributed by atoms with Crippen LogP contribution in [0.2, 0.25) is 0 Å². The summed E-state index contributed by atoms with van der Waals surface area (Å²) >= 11 is 3.36. The fourth-order valence-electron chi connectivity index (χ4n) is 3.53. The maximum absolute atomic E-state index is 12.7. The summed E-state index contributed by atoms with van der Waals surface area (Å²) in [7, 11) is 1.32. The molecule has 1 fully saturated rings. The summed E-state index contributed by atoms with van der Waals surface area (Å²) < 4.78 is 11.2. The first kappa shape index (κ1) is 18.7. The number of benzene rings is 1. The van der Waals surface area contributed by atoms with Crippen molar-refractivity contribution in [1.29, 1.82) is 0 Å². The first-order valence-corrected chi connectivity index (χ1v) is 9.37. The number of methoxy groups -OCH3 is 1. The SMILES string of the molecule is COC(=O)C1(NC(=O)CN2C(=O)COc3cc(Br)ccc32)CCCCC1. The van der Waals surface area contributed by atoms with E-state index in [9.17, 15) is 14.4 Å². The molecule has 1 aliphatic carbocycles. The summed E-state index contributed by atoms with van der Waals surface area (Å²) in [6.45, 7) is -0.297. The third-order valence-electron chi connectivity index (χ3n) is 4.83. The summed E-state index contributed by atoms with van der Waals surface area (Å²) in [4.78, 5) is 38.6. The predicted octanol–water partition coefficient (Wildman–Crippen LogP) is 2.17. The van der Waals surface area contributed by atoms with Crippen LogP contribution in [0.1, 0.15) is 32.1 Å². The van der Waals surface area contributed by atoms with Crippen LogP contribution in [0, 0.1) is 0 Å². The smallest absolute Gasteiger partial charge is 0.331 e.